The average molecular weight is 306 g/mol. The van der Waals surface area contributed by atoms with Gasteiger partial charge in [0.1, 0.15) is 0 Å². The third-order valence-corrected chi connectivity index (χ3v) is 6.94. The number of carbonyl (C=O) groups is 1. The molecule has 0 aromatic heterocycles. The summed E-state index contributed by atoms with van der Waals surface area (Å²) in [7, 11) is -3.78. The van der Waals surface area contributed by atoms with Crippen molar-refractivity contribution in [1.29, 1.82) is 0 Å². The number of sulfonamides is 1. The highest BCUT2D eigenvalue weighted by atomic mass is 32.2. The molecule has 0 atom stereocenters. The largest absolute Gasteiger partial charge is 0.289 e. The molecule has 0 aliphatic carbocycles. The maximum atomic E-state index is 12.5. The number of hydrogen-bond acceptors (Lipinski definition) is 4. The monoisotopic (exact) mass is 306 g/mol. The van der Waals surface area contributed by atoms with Crippen LogP contribution in [0.3, 0.4) is 0 Å². The Morgan fingerprint density at radius 1 is 1.35 bits per heavy atom. The molecule has 118 valence electrons. The zero-order chi connectivity index (χ0) is 15.6. The van der Waals surface area contributed by atoms with Gasteiger partial charge in [-0.05, 0) is 38.5 Å². The topological polar surface area (TPSA) is 86.7 Å². The predicted molar refractivity (Wildman–Crippen MR) is 76.8 cm³/mol. The van der Waals surface area contributed by atoms with Crippen molar-refractivity contribution >= 4 is 15.9 Å². The van der Waals surface area contributed by atoms with Crippen molar-refractivity contribution in [2.75, 3.05) is 13.1 Å². The number of nitrogens with one attached hydrogen (secondary N) is 1. The minimum absolute atomic E-state index is 0.185. The second-order valence-corrected chi connectivity index (χ2v) is 8.90. The van der Waals surface area contributed by atoms with Crippen LogP contribution in [0.5, 0.6) is 0 Å². The number of hydroxylamine groups is 1. The quantitative estimate of drug-likeness (QED) is 0.595. The molecule has 0 aromatic rings. The van der Waals surface area contributed by atoms with E-state index < -0.39 is 20.7 Å². The van der Waals surface area contributed by atoms with E-state index in [2.05, 4.69) is 13.8 Å². The Hall–Kier alpha value is -0.660. The summed E-state index contributed by atoms with van der Waals surface area (Å²) in [6, 6.07) is 0. The highest BCUT2D eigenvalue weighted by Gasteiger charge is 2.47. The van der Waals surface area contributed by atoms with Crippen molar-refractivity contribution in [2.24, 2.45) is 5.41 Å². The van der Waals surface area contributed by atoms with Gasteiger partial charge in [0, 0.05) is 13.1 Å². The molecule has 0 aromatic carbocycles. The van der Waals surface area contributed by atoms with Crippen molar-refractivity contribution < 1.29 is 18.4 Å². The lowest BCUT2D eigenvalue weighted by Crippen LogP contribution is -2.55. The van der Waals surface area contributed by atoms with E-state index in [1.807, 2.05) is 0 Å². The van der Waals surface area contributed by atoms with Gasteiger partial charge in [-0.2, -0.15) is 0 Å². The summed E-state index contributed by atoms with van der Waals surface area (Å²) in [5.41, 5.74) is 1.63. The zero-order valence-corrected chi connectivity index (χ0v) is 13.6. The highest BCUT2D eigenvalue weighted by molar-refractivity contribution is 7.91. The van der Waals surface area contributed by atoms with Crippen molar-refractivity contribution in [1.82, 2.24) is 9.79 Å². The first kappa shape index (κ1) is 17.4. The molecule has 7 heteroatoms. The van der Waals surface area contributed by atoms with Crippen molar-refractivity contribution in [3.05, 3.63) is 0 Å². The van der Waals surface area contributed by atoms with Gasteiger partial charge in [-0.1, -0.05) is 20.3 Å². The third kappa shape index (κ3) is 3.15. The van der Waals surface area contributed by atoms with Crippen LogP contribution in [0.25, 0.3) is 0 Å². The second-order valence-electron chi connectivity index (χ2n) is 6.42. The fraction of sp³-hybridized carbons (Fsp3) is 0.923. The van der Waals surface area contributed by atoms with Gasteiger partial charge in [-0.15, -0.1) is 0 Å². The van der Waals surface area contributed by atoms with Crippen LogP contribution in [0, 0.1) is 5.41 Å². The summed E-state index contributed by atoms with van der Waals surface area (Å²) in [5, 5.41) is 8.70. The van der Waals surface area contributed by atoms with Crippen LogP contribution in [0.4, 0.5) is 0 Å². The number of hydrogen-bond donors (Lipinski definition) is 2. The van der Waals surface area contributed by atoms with Crippen LogP contribution in [0.1, 0.15) is 53.4 Å². The number of nitrogens with zero attached hydrogens (tertiary/aromatic N) is 1. The maximum absolute atomic E-state index is 12.5. The smallest absolute Gasteiger partial charge is 0.265 e. The van der Waals surface area contributed by atoms with E-state index in [9.17, 15) is 13.2 Å². The fourth-order valence-electron chi connectivity index (χ4n) is 2.69. The predicted octanol–water partition coefficient (Wildman–Crippen LogP) is 1.50. The zero-order valence-electron chi connectivity index (χ0n) is 12.8. The van der Waals surface area contributed by atoms with E-state index in [4.69, 9.17) is 5.21 Å². The molecule has 1 aliphatic heterocycles. The van der Waals surface area contributed by atoms with Crippen molar-refractivity contribution in [3.63, 3.8) is 0 Å². The normalized spacial score (nSPS) is 20.6. The molecule has 1 heterocycles. The lowest BCUT2D eigenvalue weighted by Gasteiger charge is -2.41. The first-order chi connectivity index (χ1) is 9.10. The third-order valence-electron chi connectivity index (χ3n) is 4.42. The molecule has 2 N–H and O–H groups in total. The lowest BCUT2D eigenvalue weighted by molar-refractivity contribution is -0.131. The summed E-state index contributed by atoms with van der Waals surface area (Å²) in [6.07, 6.45) is 3.77. The van der Waals surface area contributed by atoms with Crippen LogP contribution in [0.15, 0.2) is 0 Å². The number of rotatable bonds is 5. The number of piperidine rings is 1. The maximum Gasteiger partial charge on any atom is 0.265 e. The Kier molecular flexibility index (Phi) is 5.21. The number of carbonyl (C=O) groups excluding carboxylic acids is 1. The summed E-state index contributed by atoms with van der Waals surface area (Å²) >= 11 is 0. The van der Waals surface area contributed by atoms with E-state index in [-0.39, 0.29) is 5.41 Å². The van der Waals surface area contributed by atoms with Gasteiger partial charge in [-0.3, -0.25) is 10.0 Å². The second kappa shape index (κ2) is 5.99. The van der Waals surface area contributed by atoms with Crippen molar-refractivity contribution in [2.45, 2.75) is 58.1 Å². The van der Waals surface area contributed by atoms with Crippen LogP contribution in [0.2, 0.25) is 0 Å². The molecule has 1 aliphatic rings. The van der Waals surface area contributed by atoms with Crippen LogP contribution >= 0.6 is 0 Å². The Morgan fingerprint density at radius 2 is 1.85 bits per heavy atom. The van der Waals surface area contributed by atoms with Gasteiger partial charge in [0.05, 0.1) is 0 Å². The molecule has 1 saturated heterocycles. The molecule has 0 saturated carbocycles. The van der Waals surface area contributed by atoms with Gasteiger partial charge in [-0.25, -0.2) is 18.2 Å². The van der Waals surface area contributed by atoms with Crippen molar-refractivity contribution in [3.8, 4) is 0 Å². The van der Waals surface area contributed by atoms with Crippen LogP contribution < -0.4 is 5.48 Å². The molecular weight excluding hydrogens is 280 g/mol. The van der Waals surface area contributed by atoms with E-state index in [0.29, 0.717) is 13.1 Å². The summed E-state index contributed by atoms with van der Waals surface area (Å²) in [4.78, 5) is 11.6. The van der Waals surface area contributed by atoms with Gasteiger partial charge in [0.15, 0.2) is 4.75 Å². The first-order valence-corrected chi connectivity index (χ1v) is 8.49. The minimum Gasteiger partial charge on any atom is -0.289 e. The summed E-state index contributed by atoms with van der Waals surface area (Å²) in [6.45, 7) is 7.80. The van der Waals surface area contributed by atoms with Crippen LogP contribution in [-0.2, 0) is 14.8 Å². The van der Waals surface area contributed by atoms with E-state index in [1.54, 1.807) is 0 Å². The Balaban J connectivity index is 2.85. The summed E-state index contributed by atoms with van der Waals surface area (Å²) < 4.78 is 24.8. The van der Waals surface area contributed by atoms with Gasteiger partial charge >= 0.3 is 0 Å². The lowest BCUT2D eigenvalue weighted by atomic mass is 9.77. The minimum atomic E-state index is -3.78. The molecule has 0 bridgehead atoms. The molecule has 0 unspecified atom stereocenters. The van der Waals surface area contributed by atoms with Gasteiger partial charge in [0.2, 0.25) is 10.0 Å². The summed E-state index contributed by atoms with van der Waals surface area (Å²) in [5.74, 6) is -0.903. The van der Waals surface area contributed by atoms with Gasteiger partial charge < -0.3 is 0 Å². The molecule has 1 rings (SSSR count). The Bertz CT molecular complexity index is 451. The SMILES string of the molecule is CCCC1(C)CCN(S(=O)(=O)C(C)(C)C(=O)NO)CC1. The molecule has 0 spiro atoms. The fourth-order valence-corrected chi connectivity index (χ4v) is 4.28. The van der Waals surface area contributed by atoms with E-state index >= 15 is 0 Å². The molecule has 1 amide bonds. The number of amides is 1. The molecule has 1 fully saturated rings. The van der Waals surface area contributed by atoms with E-state index in [1.165, 1.54) is 23.6 Å². The highest BCUT2D eigenvalue weighted by Crippen LogP contribution is 2.37. The molecule has 0 radical (unpaired) electrons. The van der Waals surface area contributed by atoms with Crippen LogP contribution in [-0.4, -0.2) is 41.7 Å². The Labute approximate surface area is 121 Å². The average Bonchev–Trinajstić information content (AvgIpc) is 2.38. The molecule has 6 nitrogen and oxygen atoms in total. The molecule has 20 heavy (non-hydrogen) atoms. The Morgan fingerprint density at radius 3 is 2.25 bits per heavy atom. The standard InChI is InChI=1S/C13H26N2O4S/c1-5-6-13(4)7-9-15(10-8-13)20(18,19)12(2,3)11(16)14-17/h17H,5-10H2,1-4H3,(H,14,16). The van der Waals surface area contributed by atoms with Gasteiger partial charge in [0.25, 0.3) is 5.91 Å². The first-order valence-electron chi connectivity index (χ1n) is 7.05. The van der Waals surface area contributed by atoms with E-state index in [0.717, 1.165) is 25.7 Å². The molecular formula is C13H26N2O4S.